The number of halogens is 1. The molecule has 2 aromatic rings. The molecule has 0 spiro atoms. The Morgan fingerprint density at radius 3 is 2.34 bits per heavy atom. The number of likely N-dealkylation sites (N-methyl/N-ethyl adjacent to an activating group) is 1. The lowest BCUT2D eigenvalue weighted by atomic mass is 9.88. The van der Waals surface area contributed by atoms with Gasteiger partial charge < -0.3 is 20.4 Å². The number of anilines is 1. The molecule has 0 aromatic heterocycles. The number of amides is 2. The summed E-state index contributed by atoms with van der Waals surface area (Å²) in [6.07, 6.45) is 0.383. The second-order valence-electron chi connectivity index (χ2n) is 8.63. The topological polar surface area (TPSA) is 69.9 Å². The van der Waals surface area contributed by atoms with Gasteiger partial charge in [-0.1, -0.05) is 24.3 Å². The summed E-state index contributed by atoms with van der Waals surface area (Å²) in [7, 11) is 3.81. The van der Waals surface area contributed by atoms with Crippen LogP contribution < -0.4 is 10.6 Å². The van der Waals surface area contributed by atoms with Gasteiger partial charge in [-0.05, 0) is 49.4 Å². The molecule has 32 heavy (non-hydrogen) atoms. The standard InChI is InChI=1S/C25H33FN4O2/c1-4-30(21-11-9-20(26)10-12-21)14-13-24(31)29(3)15-18-5-7-19(8-6-18)22-16-28(2)17-23(22)25(27)32/h5-12,22-23H,4,13-17H2,1-3H3,(H2,27,32)/t22-,23+/m1/s1. The Bertz CT molecular complexity index is 917. The highest BCUT2D eigenvalue weighted by molar-refractivity contribution is 5.78. The average molecular weight is 441 g/mol. The van der Waals surface area contributed by atoms with Crippen LogP contribution in [0, 0.1) is 11.7 Å². The summed E-state index contributed by atoms with van der Waals surface area (Å²) in [6, 6.07) is 14.5. The fourth-order valence-corrected chi connectivity index (χ4v) is 4.40. The van der Waals surface area contributed by atoms with E-state index in [-0.39, 0.29) is 29.5 Å². The first-order valence-corrected chi connectivity index (χ1v) is 11.1. The molecule has 2 amide bonds. The first-order chi connectivity index (χ1) is 15.3. The van der Waals surface area contributed by atoms with Gasteiger partial charge in [0.15, 0.2) is 0 Å². The molecule has 0 aliphatic carbocycles. The van der Waals surface area contributed by atoms with E-state index < -0.39 is 0 Å². The lowest BCUT2D eigenvalue weighted by molar-refractivity contribution is -0.130. The summed E-state index contributed by atoms with van der Waals surface area (Å²) in [4.78, 5) is 30.4. The summed E-state index contributed by atoms with van der Waals surface area (Å²) < 4.78 is 13.2. The van der Waals surface area contributed by atoms with E-state index in [4.69, 9.17) is 5.73 Å². The zero-order chi connectivity index (χ0) is 23.3. The van der Waals surface area contributed by atoms with Crippen LogP contribution in [0.15, 0.2) is 48.5 Å². The lowest BCUT2D eigenvalue weighted by Gasteiger charge is -2.25. The third-order valence-electron chi connectivity index (χ3n) is 6.29. The molecular formula is C25H33FN4O2. The van der Waals surface area contributed by atoms with Gasteiger partial charge in [-0.3, -0.25) is 9.59 Å². The van der Waals surface area contributed by atoms with Gasteiger partial charge in [0.25, 0.3) is 0 Å². The van der Waals surface area contributed by atoms with Crippen LogP contribution >= 0.6 is 0 Å². The molecule has 0 saturated carbocycles. The van der Waals surface area contributed by atoms with E-state index in [0.717, 1.165) is 29.9 Å². The molecule has 1 aliphatic heterocycles. The average Bonchev–Trinajstić information content (AvgIpc) is 3.17. The van der Waals surface area contributed by atoms with Gasteiger partial charge in [-0.25, -0.2) is 4.39 Å². The summed E-state index contributed by atoms with van der Waals surface area (Å²) >= 11 is 0. The third kappa shape index (κ3) is 5.85. The Hall–Kier alpha value is -2.93. The molecule has 0 unspecified atom stereocenters. The zero-order valence-electron chi connectivity index (χ0n) is 19.1. The maximum Gasteiger partial charge on any atom is 0.224 e. The van der Waals surface area contributed by atoms with Gasteiger partial charge in [0, 0.05) is 57.8 Å². The van der Waals surface area contributed by atoms with Crippen LogP contribution in [0.25, 0.3) is 0 Å². The zero-order valence-corrected chi connectivity index (χ0v) is 19.1. The molecule has 2 atom stereocenters. The van der Waals surface area contributed by atoms with Crippen molar-refractivity contribution in [1.29, 1.82) is 0 Å². The molecule has 172 valence electrons. The van der Waals surface area contributed by atoms with Gasteiger partial charge in [-0.15, -0.1) is 0 Å². The number of primary amides is 1. The number of hydrogen-bond donors (Lipinski definition) is 1. The number of benzene rings is 2. The van der Waals surface area contributed by atoms with Crippen molar-refractivity contribution >= 4 is 17.5 Å². The van der Waals surface area contributed by atoms with Crippen molar-refractivity contribution in [3.63, 3.8) is 0 Å². The number of nitrogens with two attached hydrogens (primary N) is 1. The molecule has 3 rings (SSSR count). The van der Waals surface area contributed by atoms with E-state index in [0.29, 0.717) is 26.1 Å². The number of nitrogens with zero attached hydrogens (tertiary/aromatic N) is 3. The SMILES string of the molecule is CCN(CCC(=O)N(C)Cc1ccc([C@H]2CN(C)C[C@@H]2C(N)=O)cc1)c1ccc(F)cc1. The minimum atomic E-state index is -0.267. The molecular weight excluding hydrogens is 407 g/mol. The minimum absolute atomic E-state index is 0.0563. The maximum absolute atomic E-state index is 13.2. The molecule has 1 heterocycles. The number of rotatable bonds is 9. The smallest absolute Gasteiger partial charge is 0.224 e. The Balaban J connectivity index is 1.54. The normalized spacial score (nSPS) is 18.5. The van der Waals surface area contributed by atoms with E-state index in [9.17, 15) is 14.0 Å². The second kappa shape index (κ2) is 10.6. The van der Waals surface area contributed by atoms with E-state index in [2.05, 4.69) is 9.80 Å². The fourth-order valence-electron chi connectivity index (χ4n) is 4.40. The van der Waals surface area contributed by atoms with Gasteiger partial charge >= 0.3 is 0 Å². The van der Waals surface area contributed by atoms with E-state index in [1.807, 2.05) is 38.2 Å². The Morgan fingerprint density at radius 2 is 1.75 bits per heavy atom. The van der Waals surface area contributed by atoms with Crippen LogP contribution in [-0.2, 0) is 16.1 Å². The summed E-state index contributed by atoms with van der Waals surface area (Å²) in [5.41, 5.74) is 8.64. The van der Waals surface area contributed by atoms with Gasteiger partial charge in [0.2, 0.25) is 11.8 Å². The molecule has 0 bridgehead atoms. The van der Waals surface area contributed by atoms with Crippen LogP contribution in [0.4, 0.5) is 10.1 Å². The fraction of sp³-hybridized carbons (Fsp3) is 0.440. The first kappa shape index (κ1) is 23.7. The predicted molar refractivity (Wildman–Crippen MR) is 125 cm³/mol. The van der Waals surface area contributed by atoms with Gasteiger partial charge in [0.05, 0.1) is 5.92 Å². The third-order valence-corrected chi connectivity index (χ3v) is 6.29. The lowest BCUT2D eigenvalue weighted by Crippen LogP contribution is -2.32. The summed E-state index contributed by atoms with van der Waals surface area (Å²) in [5.74, 6) is -0.525. The number of hydrogen-bond acceptors (Lipinski definition) is 4. The predicted octanol–water partition coefficient (Wildman–Crippen LogP) is 2.83. The molecule has 2 N–H and O–H groups in total. The van der Waals surface area contributed by atoms with Crippen molar-refractivity contribution in [3.05, 3.63) is 65.5 Å². The van der Waals surface area contributed by atoms with Crippen molar-refractivity contribution < 1.29 is 14.0 Å². The molecule has 0 radical (unpaired) electrons. The Morgan fingerprint density at radius 1 is 1.09 bits per heavy atom. The highest BCUT2D eigenvalue weighted by Crippen LogP contribution is 2.32. The van der Waals surface area contributed by atoms with E-state index >= 15 is 0 Å². The molecule has 1 saturated heterocycles. The second-order valence-corrected chi connectivity index (χ2v) is 8.63. The summed E-state index contributed by atoms with van der Waals surface area (Å²) in [5, 5.41) is 0. The van der Waals surface area contributed by atoms with Crippen LogP contribution in [0.3, 0.4) is 0 Å². The van der Waals surface area contributed by atoms with Crippen LogP contribution in [-0.4, -0.2) is 61.9 Å². The van der Waals surface area contributed by atoms with Crippen molar-refractivity contribution in [1.82, 2.24) is 9.80 Å². The Kier molecular flexibility index (Phi) is 7.85. The van der Waals surface area contributed by atoms with E-state index in [1.165, 1.54) is 12.1 Å². The van der Waals surface area contributed by atoms with Crippen LogP contribution in [0.2, 0.25) is 0 Å². The van der Waals surface area contributed by atoms with E-state index in [1.54, 1.807) is 24.1 Å². The first-order valence-electron chi connectivity index (χ1n) is 11.1. The van der Waals surface area contributed by atoms with Crippen molar-refractivity contribution in [2.24, 2.45) is 11.7 Å². The van der Waals surface area contributed by atoms with Crippen molar-refractivity contribution in [2.45, 2.75) is 25.8 Å². The largest absolute Gasteiger partial charge is 0.371 e. The van der Waals surface area contributed by atoms with Gasteiger partial charge in [0.1, 0.15) is 5.82 Å². The van der Waals surface area contributed by atoms with Crippen LogP contribution in [0.1, 0.15) is 30.4 Å². The molecule has 2 aromatic carbocycles. The number of carbonyl (C=O) groups excluding carboxylic acids is 2. The highest BCUT2D eigenvalue weighted by Gasteiger charge is 2.35. The van der Waals surface area contributed by atoms with Crippen molar-refractivity contribution in [3.8, 4) is 0 Å². The monoisotopic (exact) mass is 440 g/mol. The maximum atomic E-state index is 13.2. The number of likely N-dealkylation sites (tertiary alicyclic amines) is 1. The number of carbonyl (C=O) groups is 2. The van der Waals surface area contributed by atoms with Gasteiger partial charge in [-0.2, -0.15) is 0 Å². The summed E-state index contributed by atoms with van der Waals surface area (Å²) in [6.45, 7) is 5.36. The molecule has 1 aliphatic rings. The molecule has 6 nitrogen and oxygen atoms in total. The van der Waals surface area contributed by atoms with Crippen LogP contribution in [0.5, 0.6) is 0 Å². The van der Waals surface area contributed by atoms with Crippen molar-refractivity contribution in [2.75, 3.05) is 45.2 Å². The molecule has 7 heteroatoms. The highest BCUT2D eigenvalue weighted by atomic mass is 19.1. The minimum Gasteiger partial charge on any atom is -0.371 e. The quantitative estimate of drug-likeness (QED) is 0.651. The molecule has 1 fully saturated rings. The Labute approximate surface area is 189 Å².